The summed E-state index contributed by atoms with van der Waals surface area (Å²) in [6.07, 6.45) is 1.16. The molecule has 0 saturated carbocycles. The first kappa shape index (κ1) is 14.2. The van der Waals surface area contributed by atoms with Crippen molar-refractivity contribution in [1.82, 2.24) is 0 Å². The summed E-state index contributed by atoms with van der Waals surface area (Å²) in [6, 6.07) is 19.4. The number of nitrogens with one attached hydrogen (secondary N) is 1. The zero-order valence-corrected chi connectivity index (χ0v) is 12.8. The van der Waals surface area contributed by atoms with Gasteiger partial charge in [0.15, 0.2) is 0 Å². The molecule has 1 heterocycles. The van der Waals surface area contributed by atoms with E-state index in [1.165, 1.54) is 16.8 Å². The molecule has 0 aliphatic carbocycles. The maximum Gasteiger partial charge on any atom is 0.0867 e. The fourth-order valence-corrected chi connectivity index (χ4v) is 2.87. The molecule has 1 aliphatic rings. The Kier molecular flexibility index (Phi) is 4.26. The zero-order chi connectivity index (χ0) is 14.7. The van der Waals surface area contributed by atoms with Crippen LogP contribution in [-0.2, 0) is 4.74 Å². The van der Waals surface area contributed by atoms with Crippen LogP contribution in [0.3, 0.4) is 0 Å². The predicted octanol–water partition coefficient (Wildman–Crippen LogP) is 4.96. The van der Waals surface area contributed by atoms with Crippen LogP contribution in [0.5, 0.6) is 0 Å². The lowest BCUT2D eigenvalue weighted by molar-refractivity contribution is 0.0242. The van der Waals surface area contributed by atoms with Gasteiger partial charge in [0, 0.05) is 24.3 Å². The van der Waals surface area contributed by atoms with Gasteiger partial charge in [-0.2, -0.15) is 0 Å². The van der Waals surface area contributed by atoms with Crippen LogP contribution in [0.2, 0.25) is 0 Å². The molecule has 2 atom stereocenters. The van der Waals surface area contributed by atoms with Crippen LogP contribution in [0, 0.1) is 5.92 Å². The zero-order valence-electron chi connectivity index (χ0n) is 12.8. The molecule has 2 aromatic rings. The predicted molar refractivity (Wildman–Crippen MR) is 87.4 cm³/mol. The summed E-state index contributed by atoms with van der Waals surface area (Å²) in [6.45, 7) is 5.20. The molecule has 0 radical (unpaired) electrons. The summed E-state index contributed by atoms with van der Waals surface area (Å²) in [5.41, 5.74) is 3.81. The van der Waals surface area contributed by atoms with Crippen LogP contribution >= 0.6 is 0 Å². The second-order valence-corrected chi connectivity index (χ2v) is 6.15. The van der Waals surface area contributed by atoms with Crippen molar-refractivity contribution < 1.29 is 4.74 Å². The molecule has 1 aliphatic heterocycles. The minimum Gasteiger partial charge on any atom is -0.378 e. The third kappa shape index (κ3) is 3.27. The lowest BCUT2D eigenvalue weighted by Crippen LogP contribution is -2.24. The van der Waals surface area contributed by atoms with E-state index in [4.69, 9.17) is 4.74 Å². The molecule has 2 nitrogen and oxygen atoms in total. The van der Waals surface area contributed by atoms with Crippen LogP contribution in [-0.4, -0.2) is 6.61 Å². The largest absolute Gasteiger partial charge is 0.378 e. The van der Waals surface area contributed by atoms with Crippen LogP contribution in [0.1, 0.15) is 43.5 Å². The van der Waals surface area contributed by atoms with Crippen molar-refractivity contribution in [1.29, 1.82) is 0 Å². The average Bonchev–Trinajstić information content (AvgIpc) is 2.53. The van der Waals surface area contributed by atoms with Crippen molar-refractivity contribution in [3.63, 3.8) is 0 Å². The van der Waals surface area contributed by atoms with E-state index in [-0.39, 0.29) is 6.10 Å². The van der Waals surface area contributed by atoms with E-state index in [1.807, 2.05) is 0 Å². The van der Waals surface area contributed by atoms with E-state index >= 15 is 0 Å². The van der Waals surface area contributed by atoms with Gasteiger partial charge in [0.25, 0.3) is 0 Å². The number of hydrogen-bond donors (Lipinski definition) is 1. The van der Waals surface area contributed by atoms with Gasteiger partial charge in [0.05, 0.1) is 12.1 Å². The first-order valence-corrected chi connectivity index (χ1v) is 7.76. The number of benzene rings is 2. The lowest BCUT2D eigenvalue weighted by atomic mass is 9.91. The summed E-state index contributed by atoms with van der Waals surface area (Å²) in [7, 11) is 0. The van der Waals surface area contributed by atoms with Gasteiger partial charge in [-0.1, -0.05) is 62.4 Å². The maximum absolute atomic E-state index is 6.18. The topological polar surface area (TPSA) is 21.3 Å². The average molecular weight is 281 g/mol. The quantitative estimate of drug-likeness (QED) is 0.855. The second-order valence-electron chi connectivity index (χ2n) is 6.15. The van der Waals surface area contributed by atoms with Gasteiger partial charge in [-0.25, -0.2) is 0 Å². The Balaban J connectivity index is 1.85. The Labute approximate surface area is 127 Å². The van der Waals surface area contributed by atoms with E-state index in [0.717, 1.165) is 13.0 Å². The fraction of sp³-hybridized carbons (Fsp3) is 0.368. The minimum atomic E-state index is 0.176. The molecule has 3 rings (SSSR count). The number of ether oxygens (including phenoxy) is 1. The van der Waals surface area contributed by atoms with Crippen molar-refractivity contribution in [3.05, 3.63) is 65.7 Å². The van der Waals surface area contributed by atoms with Crippen LogP contribution in [0.4, 0.5) is 5.69 Å². The Morgan fingerprint density at radius 3 is 2.52 bits per heavy atom. The van der Waals surface area contributed by atoms with E-state index in [1.54, 1.807) is 0 Å². The minimum absolute atomic E-state index is 0.176. The molecule has 110 valence electrons. The van der Waals surface area contributed by atoms with Gasteiger partial charge >= 0.3 is 0 Å². The molecular formula is C19H23NO. The van der Waals surface area contributed by atoms with E-state index in [0.29, 0.717) is 12.0 Å². The highest BCUT2D eigenvalue weighted by molar-refractivity contribution is 5.56. The normalized spacial score (nSPS) is 20.9. The van der Waals surface area contributed by atoms with E-state index in [2.05, 4.69) is 73.8 Å². The number of para-hydroxylation sites is 1. The smallest absolute Gasteiger partial charge is 0.0867 e. The Hall–Kier alpha value is -1.80. The summed E-state index contributed by atoms with van der Waals surface area (Å²) < 4.78 is 6.18. The van der Waals surface area contributed by atoms with Gasteiger partial charge in [-0.3, -0.25) is 0 Å². The van der Waals surface area contributed by atoms with Gasteiger partial charge in [-0.15, -0.1) is 0 Å². The molecule has 1 N–H and O–H groups in total. The second kappa shape index (κ2) is 6.31. The van der Waals surface area contributed by atoms with Crippen molar-refractivity contribution in [2.45, 2.75) is 32.4 Å². The number of fused-ring (bicyclic) bond motifs is 1. The molecule has 0 aromatic heterocycles. The van der Waals surface area contributed by atoms with Gasteiger partial charge in [0.2, 0.25) is 0 Å². The van der Waals surface area contributed by atoms with Crippen molar-refractivity contribution in [3.8, 4) is 0 Å². The molecule has 0 amide bonds. The molecule has 21 heavy (non-hydrogen) atoms. The Bertz CT molecular complexity index is 579. The molecular weight excluding hydrogens is 258 g/mol. The van der Waals surface area contributed by atoms with Gasteiger partial charge < -0.3 is 10.1 Å². The van der Waals surface area contributed by atoms with E-state index in [9.17, 15) is 0 Å². The number of anilines is 1. The molecule has 2 unspecified atom stereocenters. The first-order chi connectivity index (χ1) is 10.2. The van der Waals surface area contributed by atoms with Gasteiger partial charge in [0.1, 0.15) is 0 Å². The lowest BCUT2D eigenvalue weighted by Gasteiger charge is -2.33. The Morgan fingerprint density at radius 1 is 1.05 bits per heavy atom. The van der Waals surface area contributed by atoms with Crippen LogP contribution < -0.4 is 5.32 Å². The van der Waals surface area contributed by atoms with Gasteiger partial charge in [-0.05, 0) is 17.5 Å². The highest BCUT2D eigenvalue weighted by Gasteiger charge is 2.27. The highest BCUT2D eigenvalue weighted by atomic mass is 16.5. The highest BCUT2D eigenvalue weighted by Crippen LogP contribution is 2.40. The molecule has 2 heteroatoms. The van der Waals surface area contributed by atoms with Crippen molar-refractivity contribution >= 4 is 5.69 Å². The van der Waals surface area contributed by atoms with Crippen molar-refractivity contribution in [2.75, 3.05) is 11.9 Å². The van der Waals surface area contributed by atoms with Crippen molar-refractivity contribution in [2.24, 2.45) is 5.92 Å². The van der Waals surface area contributed by atoms with Crippen LogP contribution in [0.25, 0.3) is 0 Å². The summed E-state index contributed by atoms with van der Waals surface area (Å²) >= 11 is 0. The molecule has 0 saturated heterocycles. The van der Waals surface area contributed by atoms with E-state index < -0.39 is 0 Å². The molecule has 0 bridgehead atoms. The summed E-state index contributed by atoms with van der Waals surface area (Å²) in [5, 5.41) is 3.65. The maximum atomic E-state index is 6.18. The third-order valence-electron chi connectivity index (χ3n) is 3.92. The standard InChI is InChI=1S/C19H23NO/c1-14(2)13-21-19-12-18(15-8-4-3-5-9-15)20-17-11-7-6-10-16(17)19/h3-11,14,18-20H,12-13H2,1-2H3. The first-order valence-electron chi connectivity index (χ1n) is 7.76. The summed E-state index contributed by atoms with van der Waals surface area (Å²) in [4.78, 5) is 0. The fourth-order valence-electron chi connectivity index (χ4n) is 2.87. The SMILES string of the molecule is CC(C)COC1CC(c2ccccc2)Nc2ccccc21. The molecule has 0 fully saturated rings. The number of hydrogen-bond acceptors (Lipinski definition) is 2. The monoisotopic (exact) mass is 281 g/mol. The third-order valence-corrected chi connectivity index (χ3v) is 3.92. The summed E-state index contributed by atoms with van der Waals surface area (Å²) in [5.74, 6) is 0.558. The number of rotatable bonds is 4. The molecule has 2 aromatic carbocycles. The van der Waals surface area contributed by atoms with Crippen LogP contribution in [0.15, 0.2) is 54.6 Å². The Morgan fingerprint density at radius 2 is 1.76 bits per heavy atom. The molecule has 0 spiro atoms.